The Morgan fingerprint density at radius 3 is 2.63 bits per heavy atom. The number of H-pyrrole nitrogens is 1. The van der Waals surface area contributed by atoms with Crippen molar-refractivity contribution in [3.63, 3.8) is 0 Å². The van der Waals surface area contributed by atoms with Crippen LogP contribution >= 0.6 is 24.8 Å². The van der Waals surface area contributed by atoms with Crippen LogP contribution in [0, 0.1) is 5.92 Å². The van der Waals surface area contributed by atoms with Gasteiger partial charge in [0.25, 0.3) is 11.5 Å². The van der Waals surface area contributed by atoms with Gasteiger partial charge >= 0.3 is 5.69 Å². The zero-order valence-electron chi connectivity index (χ0n) is 17.9. The Hall–Kier alpha value is -1.90. The number of aromatic amines is 1. The van der Waals surface area contributed by atoms with E-state index in [1.807, 2.05) is 32.7 Å². The molecule has 30 heavy (non-hydrogen) atoms. The molecule has 1 unspecified atom stereocenters. The van der Waals surface area contributed by atoms with Crippen molar-refractivity contribution in [2.45, 2.75) is 46.1 Å². The summed E-state index contributed by atoms with van der Waals surface area (Å²) in [6.07, 6.45) is 2.02. The average molecular weight is 460 g/mol. The summed E-state index contributed by atoms with van der Waals surface area (Å²) in [4.78, 5) is 47.0. The number of piperidine rings is 1. The molecule has 1 fully saturated rings. The Morgan fingerprint density at radius 2 is 2.03 bits per heavy atom. The zero-order chi connectivity index (χ0) is 20.4. The Morgan fingerprint density at radius 1 is 1.33 bits per heavy atom. The number of likely N-dealkylation sites (tertiary alicyclic amines) is 1. The van der Waals surface area contributed by atoms with Gasteiger partial charge in [0.1, 0.15) is 0 Å². The minimum absolute atomic E-state index is 0. The molecular formula is C20H31Cl2N5O3. The predicted octanol–water partition coefficient (Wildman–Crippen LogP) is 2.14. The SMILES string of the molecule is CCn1c(=O)[nH]c(=O)c2c(C(=O)N3CCCC(CNC)C3)cc(C(C)C)nc21.Cl.Cl. The van der Waals surface area contributed by atoms with Crippen molar-refractivity contribution in [3.05, 3.63) is 38.2 Å². The van der Waals surface area contributed by atoms with E-state index in [0.717, 1.165) is 19.4 Å². The molecule has 1 amide bonds. The van der Waals surface area contributed by atoms with E-state index in [1.165, 1.54) is 4.57 Å². The van der Waals surface area contributed by atoms with E-state index >= 15 is 0 Å². The van der Waals surface area contributed by atoms with Crippen LogP contribution in [0.15, 0.2) is 15.7 Å². The molecule has 10 heteroatoms. The summed E-state index contributed by atoms with van der Waals surface area (Å²) in [6.45, 7) is 8.33. The molecule has 8 nitrogen and oxygen atoms in total. The van der Waals surface area contributed by atoms with Crippen molar-refractivity contribution < 1.29 is 4.79 Å². The van der Waals surface area contributed by atoms with Crippen LogP contribution in [0.25, 0.3) is 11.0 Å². The van der Waals surface area contributed by atoms with Gasteiger partial charge in [-0.05, 0) is 51.3 Å². The van der Waals surface area contributed by atoms with Crippen LogP contribution < -0.4 is 16.6 Å². The van der Waals surface area contributed by atoms with Crippen LogP contribution in [0.4, 0.5) is 0 Å². The predicted molar refractivity (Wildman–Crippen MR) is 123 cm³/mol. The summed E-state index contributed by atoms with van der Waals surface area (Å²) < 4.78 is 1.42. The second-order valence-electron chi connectivity index (χ2n) is 7.77. The average Bonchev–Trinajstić information content (AvgIpc) is 2.67. The first-order chi connectivity index (χ1) is 13.4. The number of fused-ring (bicyclic) bond motifs is 1. The van der Waals surface area contributed by atoms with Crippen LogP contribution in [-0.4, -0.2) is 52.0 Å². The van der Waals surface area contributed by atoms with Crippen LogP contribution in [0.1, 0.15) is 55.6 Å². The highest BCUT2D eigenvalue weighted by molar-refractivity contribution is 6.05. The van der Waals surface area contributed by atoms with Gasteiger partial charge in [-0.1, -0.05) is 13.8 Å². The molecule has 0 aromatic carbocycles. The van der Waals surface area contributed by atoms with E-state index in [1.54, 1.807) is 6.07 Å². The van der Waals surface area contributed by atoms with E-state index in [9.17, 15) is 14.4 Å². The second kappa shape index (κ2) is 10.9. The van der Waals surface area contributed by atoms with E-state index in [4.69, 9.17) is 0 Å². The normalized spacial score (nSPS) is 16.3. The number of carbonyl (C=O) groups excluding carboxylic acids is 1. The minimum Gasteiger partial charge on any atom is -0.338 e. The number of hydrogen-bond donors (Lipinski definition) is 2. The molecular weight excluding hydrogens is 429 g/mol. The quantitative estimate of drug-likeness (QED) is 0.712. The Bertz CT molecular complexity index is 1000. The Balaban J connectivity index is 0.00000225. The lowest BCUT2D eigenvalue weighted by Gasteiger charge is -2.33. The van der Waals surface area contributed by atoms with Crippen LogP contribution in [0.5, 0.6) is 0 Å². The lowest BCUT2D eigenvalue weighted by Crippen LogP contribution is -2.43. The van der Waals surface area contributed by atoms with Crippen LogP contribution in [-0.2, 0) is 6.54 Å². The van der Waals surface area contributed by atoms with Crippen LogP contribution in [0.3, 0.4) is 0 Å². The van der Waals surface area contributed by atoms with Gasteiger partial charge in [0.2, 0.25) is 0 Å². The van der Waals surface area contributed by atoms with Gasteiger partial charge < -0.3 is 10.2 Å². The number of carbonyl (C=O) groups is 1. The maximum Gasteiger partial charge on any atom is 0.329 e. The molecule has 0 aliphatic carbocycles. The number of aromatic nitrogens is 3. The number of nitrogens with zero attached hydrogens (tertiary/aromatic N) is 3. The van der Waals surface area contributed by atoms with Gasteiger partial charge in [0.05, 0.1) is 10.9 Å². The van der Waals surface area contributed by atoms with Crippen molar-refractivity contribution >= 4 is 41.8 Å². The van der Waals surface area contributed by atoms with Gasteiger partial charge in [-0.15, -0.1) is 24.8 Å². The third-order valence-corrected chi connectivity index (χ3v) is 5.41. The first kappa shape index (κ1) is 26.1. The maximum atomic E-state index is 13.4. The van der Waals surface area contributed by atoms with Gasteiger partial charge in [0.15, 0.2) is 5.65 Å². The fourth-order valence-electron chi connectivity index (χ4n) is 3.93. The van der Waals surface area contributed by atoms with Crippen LogP contribution in [0.2, 0.25) is 0 Å². The molecule has 1 saturated heterocycles. The smallest absolute Gasteiger partial charge is 0.329 e. The monoisotopic (exact) mass is 459 g/mol. The summed E-state index contributed by atoms with van der Waals surface area (Å²) in [5, 5.41) is 3.38. The fraction of sp³-hybridized carbons (Fsp3) is 0.600. The third kappa shape index (κ3) is 5.04. The minimum atomic E-state index is -0.556. The summed E-state index contributed by atoms with van der Waals surface area (Å²) in [7, 11) is 1.91. The molecule has 2 aromatic rings. The second-order valence-corrected chi connectivity index (χ2v) is 7.77. The first-order valence-electron chi connectivity index (χ1n) is 9.99. The topological polar surface area (TPSA) is 100 Å². The molecule has 0 bridgehead atoms. The van der Waals surface area contributed by atoms with Crippen molar-refractivity contribution in [3.8, 4) is 0 Å². The summed E-state index contributed by atoms with van der Waals surface area (Å²) in [6, 6.07) is 1.72. The number of rotatable bonds is 5. The number of aryl methyl sites for hydroxylation is 1. The highest BCUT2D eigenvalue weighted by Crippen LogP contribution is 2.23. The molecule has 2 aromatic heterocycles. The standard InChI is InChI=1S/C20H29N5O3.2ClH/c1-5-25-17-16(18(26)23-20(25)28)14(9-15(22-17)12(2)3)19(27)24-8-6-7-13(11-24)10-21-4;;/h9,12-13,21H,5-8,10-11H2,1-4H3,(H,23,26,28);2*1H. The van der Waals surface area contributed by atoms with Crippen molar-refractivity contribution in [2.24, 2.45) is 5.92 Å². The number of amides is 1. The van der Waals surface area contributed by atoms with Gasteiger partial charge in [-0.2, -0.15) is 0 Å². The summed E-state index contributed by atoms with van der Waals surface area (Å²) in [5.41, 5.74) is 0.266. The molecule has 3 heterocycles. The maximum absolute atomic E-state index is 13.4. The number of hydrogen-bond acceptors (Lipinski definition) is 5. The molecule has 2 N–H and O–H groups in total. The zero-order valence-corrected chi connectivity index (χ0v) is 19.5. The third-order valence-electron chi connectivity index (χ3n) is 5.41. The van der Waals surface area contributed by atoms with Crippen molar-refractivity contribution in [1.82, 2.24) is 24.8 Å². The Kier molecular flexibility index (Phi) is 9.52. The van der Waals surface area contributed by atoms with E-state index in [2.05, 4.69) is 15.3 Å². The molecule has 1 aliphatic heterocycles. The van der Waals surface area contributed by atoms with E-state index in [-0.39, 0.29) is 47.7 Å². The molecule has 1 atom stereocenters. The van der Waals surface area contributed by atoms with Crippen molar-refractivity contribution in [1.29, 1.82) is 0 Å². The number of halogens is 2. The molecule has 1 aliphatic rings. The molecule has 168 valence electrons. The molecule has 0 saturated carbocycles. The lowest BCUT2D eigenvalue weighted by atomic mass is 9.96. The Labute approximate surface area is 188 Å². The number of nitrogens with one attached hydrogen (secondary N) is 2. The number of pyridine rings is 1. The van der Waals surface area contributed by atoms with E-state index in [0.29, 0.717) is 36.8 Å². The van der Waals surface area contributed by atoms with Gasteiger partial charge in [-0.25, -0.2) is 9.78 Å². The van der Waals surface area contributed by atoms with Gasteiger partial charge in [-0.3, -0.25) is 19.1 Å². The van der Waals surface area contributed by atoms with E-state index < -0.39 is 11.2 Å². The van der Waals surface area contributed by atoms with Gasteiger partial charge in [0, 0.05) is 25.3 Å². The van der Waals surface area contributed by atoms with Crippen molar-refractivity contribution in [2.75, 3.05) is 26.7 Å². The largest absolute Gasteiger partial charge is 0.338 e. The lowest BCUT2D eigenvalue weighted by molar-refractivity contribution is 0.0676. The summed E-state index contributed by atoms with van der Waals surface area (Å²) in [5.74, 6) is 0.295. The molecule has 0 radical (unpaired) electrons. The first-order valence-corrected chi connectivity index (χ1v) is 9.99. The molecule has 0 spiro atoms. The fourth-order valence-corrected chi connectivity index (χ4v) is 3.93. The molecule has 3 rings (SSSR count). The summed E-state index contributed by atoms with van der Waals surface area (Å²) >= 11 is 0. The highest BCUT2D eigenvalue weighted by atomic mass is 35.5. The highest BCUT2D eigenvalue weighted by Gasteiger charge is 2.27.